The molecule has 2 aliphatic rings. The van der Waals surface area contributed by atoms with Crippen molar-refractivity contribution >= 4 is 11.8 Å². The summed E-state index contributed by atoms with van der Waals surface area (Å²) < 4.78 is 0. The zero-order valence-electron chi connectivity index (χ0n) is 7.45. The Morgan fingerprint density at radius 3 is 2.38 bits per heavy atom. The Kier molecular flexibility index (Phi) is 1.98. The third kappa shape index (κ3) is 1.82. The zero-order chi connectivity index (χ0) is 9.42. The van der Waals surface area contributed by atoms with Crippen molar-refractivity contribution in [1.29, 1.82) is 0 Å². The van der Waals surface area contributed by atoms with E-state index in [1.165, 1.54) is 6.42 Å². The first-order valence-corrected chi connectivity index (χ1v) is 4.73. The van der Waals surface area contributed by atoms with Crippen molar-refractivity contribution < 1.29 is 9.59 Å². The molecule has 0 aromatic carbocycles. The molecule has 0 aliphatic heterocycles. The molecule has 0 aromatic heterocycles. The maximum Gasteiger partial charge on any atom is 0.236 e. The van der Waals surface area contributed by atoms with Crippen LogP contribution in [0.2, 0.25) is 0 Å². The highest BCUT2D eigenvalue weighted by Crippen LogP contribution is 2.54. The SMILES string of the molecule is NC(=O)CNC(=O)C1CC2CC2C1. The Bertz CT molecular complexity index is 242. The number of hydrogen-bond acceptors (Lipinski definition) is 2. The second kappa shape index (κ2) is 3.01. The van der Waals surface area contributed by atoms with E-state index in [2.05, 4.69) is 5.32 Å². The number of fused-ring (bicyclic) bond motifs is 1. The first kappa shape index (κ1) is 8.53. The van der Waals surface area contributed by atoms with Gasteiger partial charge in [0.05, 0.1) is 6.54 Å². The summed E-state index contributed by atoms with van der Waals surface area (Å²) in [5, 5.41) is 2.55. The van der Waals surface area contributed by atoms with E-state index in [4.69, 9.17) is 5.73 Å². The van der Waals surface area contributed by atoms with Gasteiger partial charge in [0.15, 0.2) is 0 Å². The molecule has 3 N–H and O–H groups in total. The average Bonchev–Trinajstić information content (AvgIpc) is 2.69. The normalized spacial score (nSPS) is 35.2. The van der Waals surface area contributed by atoms with Gasteiger partial charge in [-0.3, -0.25) is 9.59 Å². The van der Waals surface area contributed by atoms with Crippen molar-refractivity contribution in [1.82, 2.24) is 5.32 Å². The first-order valence-electron chi connectivity index (χ1n) is 4.73. The van der Waals surface area contributed by atoms with Crippen molar-refractivity contribution in [2.45, 2.75) is 19.3 Å². The molecule has 2 atom stereocenters. The van der Waals surface area contributed by atoms with Gasteiger partial charge >= 0.3 is 0 Å². The van der Waals surface area contributed by atoms with Gasteiger partial charge in [0, 0.05) is 5.92 Å². The zero-order valence-corrected chi connectivity index (χ0v) is 7.45. The van der Waals surface area contributed by atoms with E-state index in [0.717, 1.165) is 24.7 Å². The molecule has 2 unspecified atom stereocenters. The number of nitrogens with two attached hydrogens (primary N) is 1. The van der Waals surface area contributed by atoms with Gasteiger partial charge in [-0.05, 0) is 31.1 Å². The average molecular weight is 182 g/mol. The molecule has 0 aromatic rings. The van der Waals surface area contributed by atoms with Crippen LogP contribution >= 0.6 is 0 Å². The first-order chi connectivity index (χ1) is 6.16. The summed E-state index contributed by atoms with van der Waals surface area (Å²) in [5.41, 5.74) is 4.92. The van der Waals surface area contributed by atoms with Crippen LogP contribution in [-0.2, 0) is 9.59 Å². The quantitative estimate of drug-likeness (QED) is 0.625. The van der Waals surface area contributed by atoms with Crippen LogP contribution in [-0.4, -0.2) is 18.4 Å². The maximum atomic E-state index is 11.4. The Morgan fingerprint density at radius 2 is 1.85 bits per heavy atom. The van der Waals surface area contributed by atoms with Gasteiger partial charge in [-0.25, -0.2) is 0 Å². The van der Waals surface area contributed by atoms with Crippen LogP contribution in [0.3, 0.4) is 0 Å². The minimum absolute atomic E-state index is 0.00556. The lowest BCUT2D eigenvalue weighted by molar-refractivity contribution is -0.127. The second-order valence-corrected chi connectivity index (χ2v) is 4.11. The van der Waals surface area contributed by atoms with E-state index >= 15 is 0 Å². The molecule has 4 nitrogen and oxygen atoms in total. The van der Waals surface area contributed by atoms with Gasteiger partial charge in [-0.15, -0.1) is 0 Å². The maximum absolute atomic E-state index is 11.4. The molecule has 0 radical (unpaired) electrons. The van der Waals surface area contributed by atoms with E-state index in [1.807, 2.05) is 0 Å². The van der Waals surface area contributed by atoms with Crippen LogP contribution in [0.25, 0.3) is 0 Å². The molecular formula is C9H14N2O2. The highest BCUT2D eigenvalue weighted by molar-refractivity contribution is 5.85. The number of primary amides is 1. The fraction of sp³-hybridized carbons (Fsp3) is 0.778. The topological polar surface area (TPSA) is 72.2 Å². The van der Waals surface area contributed by atoms with Crippen LogP contribution in [0, 0.1) is 17.8 Å². The Balaban J connectivity index is 1.74. The molecule has 2 fully saturated rings. The Labute approximate surface area is 76.9 Å². The predicted molar refractivity (Wildman–Crippen MR) is 46.5 cm³/mol. The van der Waals surface area contributed by atoms with Crippen molar-refractivity contribution in [3.8, 4) is 0 Å². The molecular weight excluding hydrogens is 168 g/mol. The molecule has 72 valence electrons. The lowest BCUT2D eigenvalue weighted by Crippen LogP contribution is -2.36. The van der Waals surface area contributed by atoms with Crippen LogP contribution in [0.15, 0.2) is 0 Å². The number of nitrogens with one attached hydrogen (secondary N) is 1. The summed E-state index contributed by atoms with van der Waals surface area (Å²) in [7, 11) is 0. The Morgan fingerprint density at radius 1 is 1.23 bits per heavy atom. The minimum Gasteiger partial charge on any atom is -0.368 e. The predicted octanol–water partition coefficient (Wildman–Crippen LogP) is -0.366. The van der Waals surface area contributed by atoms with Crippen molar-refractivity contribution in [3.05, 3.63) is 0 Å². The molecule has 4 heteroatoms. The van der Waals surface area contributed by atoms with E-state index in [1.54, 1.807) is 0 Å². The summed E-state index contributed by atoms with van der Waals surface area (Å²) in [6.07, 6.45) is 3.32. The molecule has 2 aliphatic carbocycles. The van der Waals surface area contributed by atoms with Crippen LogP contribution in [0.5, 0.6) is 0 Å². The monoisotopic (exact) mass is 182 g/mol. The number of carbonyl (C=O) groups excluding carboxylic acids is 2. The number of rotatable bonds is 3. The standard InChI is InChI=1S/C9H14N2O2/c10-8(12)4-11-9(13)7-2-5-1-6(5)3-7/h5-7H,1-4H2,(H2,10,12)(H,11,13). The van der Waals surface area contributed by atoms with Crippen LogP contribution < -0.4 is 11.1 Å². The second-order valence-electron chi connectivity index (χ2n) is 4.11. The summed E-state index contributed by atoms with van der Waals surface area (Å²) in [5.74, 6) is 1.26. The van der Waals surface area contributed by atoms with Crippen molar-refractivity contribution in [2.24, 2.45) is 23.5 Å². The molecule has 0 spiro atoms. The lowest BCUT2D eigenvalue weighted by Gasteiger charge is -2.10. The smallest absolute Gasteiger partial charge is 0.236 e. The third-order valence-corrected chi connectivity index (χ3v) is 3.05. The van der Waals surface area contributed by atoms with Gasteiger partial charge in [0.2, 0.25) is 11.8 Å². The lowest BCUT2D eigenvalue weighted by atomic mass is 10.0. The molecule has 2 rings (SSSR count). The summed E-state index contributed by atoms with van der Waals surface area (Å²) in [6, 6.07) is 0. The van der Waals surface area contributed by atoms with Gasteiger partial charge in [-0.2, -0.15) is 0 Å². The summed E-state index contributed by atoms with van der Waals surface area (Å²) >= 11 is 0. The Hall–Kier alpha value is -1.06. The van der Waals surface area contributed by atoms with Gasteiger partial charge in [0.1, 0.15) is 0 Å². The molecule has 0 heterocycles. The fourth-order valence-electron chi connectivity index (χ4n) is 2.25. The molecule has 13 heavy (non-hydrogen) atoms. The molecule has 0 saturated heterocycles. The van der Waals surface area contributed by atoms with Crippen molar-refractivity contribution in [3.63, 3.8) is 0 Å². The van der Waals surface area contributed by atoms with E-state index in [0.29, 0.717) is 0 Å². The van der Waals surface area contributed by atoms with Gasteiger partial charge < -0.3 is 11.1 Å². The summed E-state index contributed by atoms with van der Waals surface area (Å²) in [4.78, 5) is 21.8. The number of amides is 2. The largest absolute Gasteiger partial charge is 0.368 e. The third-order valence-electron chi connectivity index (χ3n) is 3.05. The van der Waals surface area contributed by atoms with Gasteiger partial charge in [-0.1, -0.05) is 0 Å². The minimum atomic E-state index is -0.475. The highest BCUT2D eigenvalue weighted by atomic mass is 16.2. The van der Waals surface area contributed by atoms with Crippen LogP contribution in [0.1, 0.15) is 19.3 Å². The molecule has 2 amide bonds. The number of carbonyl (C=O) groups is 2. The fourth-order valence-corrected chi connectivity index (χ4v) is 2.25. The molecule has 2 saturated carbocycles. The van der Waals surface area contributed by atoms with E-state index in [9.17, 15) is 9.59 Å². The van der Waals surface area contributed by atoms with Crippen LogP contribution in [0.4, 0.5) is 0 Å². The van der Waals surface area contributed by atoms with E-state index in [-0.39, 0.29) is 18.4 Å². The molecule has 0 bridgehead atoms. The highest BCUT2D eigenvalue weighted by Gasteiger charge is 2.47. The van der Waals surface area contributed by atoms with Gasteiger partial charge in [0.25, 0.3) is 0 Å². The van der Waals surface area contributed by atoms with Crippen molar-refractivity contribution in [2.75, 3.05) is 6.54 Å². The summed E-state index contributed by atoms with van der Waals surface area (Å²) in [6.45, 7) is -0.0231. The van der Waals surface area contributed by atoms with E-state index < -0.39 is 5.91 Å². The number of hydrogen-bond donors (Lipinski definition) is 2.